The SMILES string of the molecule is CCOC(=O)c1nnc(SC2CCCC(C)C2)s1. The third kappa shape index (κ3) is 3.68. The molecule has 1 aliphatic carbocycles. The van der Waals surface area contributed by atoms with Crippen LogP contribution in [0.5, 0.6) is 0 Å². The first kappa shape index (κ1) is 13.8. The van der Waals surface area contributed by atoms with Gasteiger partial charge in [-0.15, -0.1) is 10.2 Å². The smallest absolute Gasteiger partial charge is 0.369 e. The van der Waals surface area contributed by atoms with Crippen LogP contribution in [-0.4, -0.2) is 28.0 Å². The first-order valence-electron chi connectivity index (χ1n) is 6.36. The van der Waals surface area contributed by atoms with E-state index >= 15 is 0 Å². The fourth-order valence-corrected chi connectivity index (χ4v) is 4.55. The molecular weight excluding hydrogens is 268 g/mol. The Morgan fingerprint density at radius 2 is 2.33 bits per heavy atom. The van der Waals surface area contributed by atoms with Crippen LogP contribution in [-0.2, 0) is 4.74 Å². The Labute approximate surface area is 116 Å². The lowest BCUT2D eigenvalue weighted by atomic mass is 9.91. The second-order valence-corrected chi connectivity index (χ2v) is 7.13. The van der Waals surface area contributed by atoms with Gasteiger partial charge in [-0.1, -0.05) is 42.9 Å². The van der Waals surface area contributed by atoms with E-state index in [0.29, 0.717) is 16.9 Å². The molecule has 2 atom stereocenters. The molecule has 1 aliphatic rings. The van der Waals surface area contributed by atoms with Gasteiger partial charge in [0.05, 0.1) is 6.61 Å². The quantitative estimate of drug-likeness (QED) is 0.794. The summed E-state index contributed by atoms with van der Waals surface area (Å²) in [4.78, 5) is 11.5. The van der Waals surface area contributed by atoms with Gasteiger partial charge in [0.25, 0.3) is 0 Å². The highest BCUT2D eigenvalue weighted by atomic mass is 32.2. The van der Waals surface area contributed by atoms with Crippen LogP contribution in [0.3, 0.4) is 0 Å². The van der Waals surface area contributed by atoms with Gasteiger partial charge in [-0.3, -0.25) is 0 Å². The number of hydrogen-bond acceptors (Lipinski definition) is 6. The Bertz CT molecular complexity index is 409. The monoisotopic (exact) mass is 286 g/mol. The highest BCUT2D eigenvalue weighted by Crippen LogP contribution is 2.37. The molecule has 0 amide bonds. The lowest BCUT2D eigenvalue weighted by Crippen LogP contribution is -2.14. The van der Waals surface area contributed by atoms with Gasteiger partial charge in [-0.2, -0.15) is 0 Å². The average molecular weight is 286 g/mol. The molecule has 0 spiro atoms. The zero-order valence-corrected chi connectivity index (χ0v) is 12.4. The van der Waals surface area contributed by atoms with Crippen LogP contribution >= 0.6 is 23.1 Å². The van der Waals surface area contributed by atoms with Crippen molar-refractivity contribution in [3.63, 3.8) is 0 Å². The van der Waals surface area contributed by atoms with Crippen LogP contribution in [0, 0.1) is 5.92 Å². The minimum absolute atomic E-state index is 0.362. The number of hydrogen-bond donors (Lipinski definition) is 0. The van der Waals surface area contributed by atoms with Crippen molar-refractivity contribution in [1.29, 1.82) is 0 Å². The van der Waals surface area contributed by atoms with Crippen LogP contribution in [0.25, 0.3) is 0 Å². The highest BCUT2D eigenvalue weighted by molar-refractivity contribution is 8.01. The zero-order valence-electron chi connectivity index (χ0n) is 10.7. The maximum absolute atomic E-state index is 11.5. The minimum Gasteiger partial charge on any atom is -0.461 e. The standard InChI is InChI=1S/C12H18N2O2S2/c1-3-16-11(15)10-13-14-12(18-10)17-9-6-4-5-8(2)7-9/h8-9H,3-7H2,1-2H3. The summed E-state index contributed by atoms with van der Waals surface area (Å²) < 4.78 is 5.79. The fourth-order valence-electron chi connectivity index (χ4n) is 2.16. The molecule has 6 heteroatoms. The summed E-state index contributed by atoms with van der Waals surface area (Å²) in [5.74, 6) is 0.438. The van der Waals surface area contributed by atoms with Crippen molar-refractivity contribution in [2.45, 2.75) is 49.1 Å². The number of aromatic nitrogens is 2. The van der Waals surface area contributed by atoms with Crippen molar-refractivity contribution in [3.05, 3.63) is 5.01 Å². The molecule has 1 heterocycles. The van der Waals surface area contributed by atoms with Crippen molar-refractivity contribution < 1.29 is 9.53 Å². The molecule has 1 aromatic heterocycles. The van der Waals surface area contributed by atoms with E-state index in [9.17, 15) is 4.79 Å². The maximum Gasteiger partial charge on any atom is 0.369 e. The van der Waals surface area contributed by atoms with Gasteiger partial charge < -0.3 is 4.74 Å². The first-order chi connectivity index (χ1) is 8.69. The second-order valence-electron chi connectivity index (χ2n) is 4.61. The number of nitrogens with zero attached hydrogens (tertiary/aromatic N) is 2. The van der Waals surface area contributed by atoms with Gasteiger partial charge in [0.15, 0.2) is 4.34 Å². The topological polar surface area (TPSA) is 52.1 Å². The van der Waals surface area contributed by atoms with E-state index in [1.165, 1.54) is 37.0 Å². The summed E-state index contributed by atoms with van der Waals surface area (Å²) in [5, 5.41) is 8.95. The zero-order chi connectivity index (χ0) is 13.0. The molecule has 100 valence electrons. The van der Waals surface area contributed by atoms with E-state index in [0.717, 1.165) is 10.3 Å². The molecule has 0 aliphatic heterocycles. The molecule has 4 nitrogen and oxygen atoms in total. The van der Waals surface area contributed by atoms with E-state index in [4.69, 9.17) is 4.74 Å². The van der Waals surface area contributed by atoms with Gasteiger partial charge in [0.1, 0.15) is 0 Å². The lowest BCUT2D eigenvalue weighted by Gasteiger charge is -2.25. The first-order valence-corrected chi connectivity index (χ1v) is 8.06. The van der Waals surface area contributed by atoms with E-state index in [1.807, 2.05) is 0 Å². The van der Waals surface area contributed by atoms with Gasteiger partial charge in [-0.25, -0.2) is 4.79 Å². The Morgan fingerprint density at radius 1 is 1.50 bits per heavy atom. The molecule has 0 saturated heterocycles. The molecule has 1 fully saturated rings. The molecule has 18 heavy (non-hydrogen) atoms. The summed E-state index contributed by atoms with van der Waals surface area (Å²) in [6, 6.07) is 0. The number of thioether (sulfide) groups is 1. The highest BCUT2D eigenvalue weighted by Gasteiger charge is 2.22. The Hall–Kier alpha value is -0.620. The van der Waals surface area contributed by atoms with Crippen molar-refractivity contribution in [2.24, 2.45) is 5.92 Å². The van der Waals surface area contributed by atoms with Crippen molar-refractivity contribution >= 4 is 29.1 Å². The maximum atomic E-state index is 11.5. The van der Waals surface area contributed by atoms with Crippen LogP contribution in [0.4, 0.5) is 0 Å². The number of ether oxygens (including phenoxy) is 1. The molecule has 2 unspecified atom stereocenters. The summed E-state index contributed by atoms with van der Waals surface area (Å²) in [6.45, 7) is 4.47. The van der Waals surface area contributed by atoms with E-state index < -0.39 is 0 Å². The lowest BCUT2D eigenvalue weighted by molar-refractivity contribution is 0.0525. The molecule has 1 saturated carbocycles. The number of esters is 1. The molecule has 0 bridgehead atoms. The van der Waals surface area contributed by atoms with Crippen molar-refractivity contribution in [1.82, 2.24) is 10.2 Å². The van der Waals surface area contributed by atoms with Gasteiger partial charge in [-0.05, 0) is 25.7 Å². The van der Waals surface area contributed by atoms with Gasteiger partial charge >= 0.3 is 5.97 Å². The van der Waals surface area contributed by atoms with Crippen molar-refractivity contribution in [2.75, 3.05) is 6.61 Å². The molecule has 0 N–H and O–H groups in total. The number of carbonyl (C=O) groups is 1. The van der Waals surface area contributed by atoms with Crippen molar-refractivity contribution in [3.8, 4) is 0 Å². The summed E-state index contributed by atoms with van der Waals surface area (Å²) in [7, 11) is 0. The average Bonchev–Trinajstić information content (AvgIpc) is 2.78. The Morgan fingerprint density at radius 3 is 3.06 bits per heavy atom. The normalized spacial score (nSPS) is 23.9. The van der Waals surface area contributed by atoms with Crippen LogP contribution < -0.4 is 0 Å². The third-order valence-corrected chi connectivity index (χ3v) is 5.29. The summed E-state index contributed by atoms with van der Waals surface area (Å²) in [5.41, 5.74) is 0. The molecule has 2 rings (SSSR count). The fraction of sp³-hybridized carbons (Fsp3) is 0.750. The van der Waals surface area contributed by atoms with E-state index in [1.54, 1.807) is 18.7 Å². The summed E-state index contributed by atoms with van der Waals surface area (Å²) >= 11 is 3.10. The molecular formula is C12H18N2O2S2. The second kappa shape index (κ2) is 6.52. The number of carbonyl (C=O) groups excluding carboxylic acids is 1. The molecule has 0 radical (unpaired) electrons. The summed E-state index contributed by atoms with van der Waals surface area (Å²) in [6.07, 6.45) is 5.10. The van der Waals surface area contributed by atoms with Crippen LogP contribution in [0.1, 0.15) is 49.3 Å². The van der Waals surface area contributed by atoms with E-state index in [-0.39, 0.29) is 5.97 Å². The Kier molecular flexibility index (Phi) is 5.00. The molecule has 0 aromatic carbocycles. The van der Waals surface area contributed by atoms with Gasteiger partial charge in [0.2, 0.25) is 5.01 Å². The predicted molar refractivity (Wildman–Crippen MR) is 73.1 cm³/mol. The van der Waals surface area contributed by atoms with Crippen LogP contribution in [0.15, 0.2) is 4.34 Å². The van der Waals surface area contributed by atoms with E-state index in [2.05, 4.69) is 17.1 Å². The largest absolute Gasteiger partial charge is 0.461 e. The molecule has 1 aromatic rings. The Balaban J connectivity index is 1.91. The third-order valence-electron chi connectivity index (χ3n) is 3.01. The minimum atomic E-state index is -0.362. The van der Waals surface area contributed by atoms with Gasteiger partial charge in [0, 0.05) is 5.25 Å². The van der Waals surface area contributed by atoms with Crippen LogP contribution in [0.2, 0.25) is 0 Å². The number of rotatable bonds is 4. The predicted octanol–water partition coefficient (Wildman–Crippen LogP) is 3.39.